The number of nitrogens with one attached hydrogen (secondary N) is 1. The van der Waals surface area contributed by atoms with Crippen LogP contribution in [0.2, 0.25) is 0 Å². The number of nitrogens with zero attached hydrogens (tertiary/aromatic N) is 1. The average Bonchev–Trinajstić information content (AvgIpc) is 3.52. The molecule has 3 aromatic rings. The van der Waals surface area contributed by atoms with Gasteiger partial charge in [-0.25, -0.2) is 4.79 Å². The minimum absolute atomic E-state index is 0.0304. The van der Waals surface area contributed by atoms with Gasteiger partial charge in [0.2, 0.25) is 18.3 Å². The molecule has 0 fully saturated rings. The van der Waals surface area contributed by atoms with E-state index in [9.17, 15) is 9.59 Å². The molecule has 1 aliphatic heterocycles. The highest BCUT2D eigenvalue weighted by atomic mass is 16.7. The maximum absolute atomic E-state index is 12.4. The second kappa shape index (κ2) is 8.95. The van der Waals surface area contributed by atoms with Crippen LogP contribution in [0.3, 0.4) is 0 Å². The zero-order valence-corrected chi connectivity index (χ0v) is 17.2. The molecule has 4 rings (SSSR count). The maximum Gasteiger partial charge on any atom is 0.374 e. The predicted molar refractivity (Wildman–Crippen MR) is 107 cm³/mol. The summed E-state index contributed by atoms with van der Waals surface area (Å²) in [6, 6.07) is 10.5. The molecule has 0 unspecified atom stereocenters. The fourth-order valence-electron chi connectivity index (χ4n) is 3.19. The molecular weight excluding hydrogens is 404 g/mol. The van der Waals surface area contributed by atoms with Crippen LogP contribution in [-0.4, -0.2) is 30.4 Å². The number of hydrogen-bond donors (Lipinski definition) is 1. The fraction of sp³-hybridized carbons (Fsp3) is 0.318. The largest absolute Gasteiger partial charge is 0.460 e. The quantitative estimate of drug-likeness (QED) is 0.545. The topological polar surface area (TPSA) is 113 Å². The van der Waals surface area contributed by atoms with Gasteiger partial charge in [-0.05, 0) is 43.2 Å². The first-order valence-corrected chi connectivity index (χ1v) is 9.92. The Balaban J connectivity index is 1.32. The number of esters is 1. The maximum atomic E-state index is 12.4. The van der Waals surface area contributed by atoms with Gasteiger partial charge in [-0.15, -0.1) is 0 Å². The number of ether oxygens (including phenoxy) is 3. The van der Waals surface area contributed by atoms with Crippen LogP contribution in [0.4, 0.5) is 0 Å². The van der Waals surface area contributed by atoms with Crippen molar-refractivity contribution in [1.29, 1.82) is 0 Å². The summed E-state index contributed by atoms with van der Waals surface area (Å²) in [6.07, 6.45) is 0.702. The van der Waals surface area contributed by atoms with Crippen molar-refractivity contribution in [3.05, 3.63) is 64.9 Å². The molecule has 2 aromatic heterocycles. The molecule has 1 N–H and O–H groups in total. The van der Waals surface area contributed by atoms with Crippen molar-refractivity contribution >= 4 is 11.9 Å². The summed E-state index contributed by atoms with van der Waals surface area (Å²) in [4.78, 5) is 24.0. The Morgan fingerprint density at radius 3 is 2.81 bits per heavy atom. The standard InChI is InChI=1S/C22H22N2O7/c1-3-27-22(26)18-7-5-15(30-18)11-23-21(25)20-10-16(24-31-20)13(2)8-14-4-6-17-19(9-14)29-12-28-17/h4-7,9-10,13H,3,8,11-12H2,1-2H3,(H,23,25)/t13-/m0/s1. The van der Waals surface area contributed by atoms with Gasteiger partial charge < -0.3 is 28.5 Å². The normalized spacial score (nSPS) is 13.1. The van der Waals surface area contributed by atoms with E-state index in [0.717, 1.165) is 17.1 Å². The summed E-state index contributed by atoms with van der Waals surface area (Å²) in [7, 11) is 0. The fourth-order valence-corrected chi connectivity index (χ4v) is 3.19. The van der Waals surface area contributed by atoms with Gasteiger partial charge >= 0.3 is 5.97 Å². The summed E-state index contributed by atoms with van der Waals surface area (Å²) in [6.45, 7) is 4.30. The molecule has 1 aromatic carbocycles. The minimum Gasteiger partial charge on any atom is -0.460 e. The average molecular weight is 426 g/mol. The molecule has 9 nitrogen and oxygen atoms in total. The van der Waals surface area contributed by atoms with Crippen molar-refractivity contribution in [2.45, 2.75) is 32.7 Å². The Bertz CT molecular complexity index is 1090. The lowest BCUT2D eigenvalue weighted by atomic mass is 9.97. The molecule has 9 heteroatoms. The molecule has 0 spiro atoms. The van der Waals surface area contributed by atoms with E-state index in [1.165, 1.54) is 6.07 Å². The van der Waals surface area contributed by atoms with Crippen molar-refractivity contribution in [2.75, 3.05) is 13.4 Å². The Hall–Kier alpha value is -3.75. The van der Waals surface area contributed by atoms with E-state index < -0.39 is 11.9 Å². The summed E-state index contributed by atoms with van der Waals surface area (Å²) in [5, 5.41) is 6.71. The Labute approximate surface area is 178 Å². The number of benzene rings is 1. The number of carbonyl (C=O) groups excluding carboxylic acids is 2. The van der Waals surface area contributed by atoms with Crippen molar-refractivity contribution in [3.63, 3.8) is 0 Å². The first-order chi connectivity index (χ1) is 15.0. The highest BCUT2D eigenvalue weighted by molar-refractivity contribution is 5.91. The molecule has 0 bridgehead atoms. The van der Waals surface area contributed by atoms with Crippen LogP contribution < -0.4 is 14.8 Å². The zero-order valence-electron chi connectivity index (χ0n) is 17.2. The molecule has 0 radical (unpaired) electrons. The van der Waals surface area contributed by atoms with E-state index in [0.29, 0.717) is 17.9 Å². The summed E-state index contributed by atoms with van der Waals surface area (Å²) >= 11 is 0. The second-order valence-corrected chi connectivity index (χ2v) is 7.08. The van der Waals surface area contributed by atoms with Gasteiger partial charge in [-0.1, -0.05) is 18.1 Å². The van der Waals surface area contributed by atoms with E-state index in [1.807, 2.05) is 25.1 Å². The Morgan fingerprint density at radius 2 is 1.97 bits per heavy atom. The van der Waals surface area contributed by atoms with Crippen molar-refractivity contribution in [3.8, 4) is 11.5 Å². The third-order valence-electron chi connectivity index (χ3n) is 4.80. The van der Waals surface area contributed by atoms with Crippen molar-refractivity contribution in [2.24, 2.45) is 0 Å². The molecule has 1 amide bonds. The molecule has 3 heterocycles. The number of rotatable bonds is 8. The van der Waals surface area contributed by atoms with Crippen LogP contribution in [0.25, 0.3) is 0 Å². The van der Waals surface area contributed by atoms with Crippen LogP contribution >= 0.6 is 0 Å². The second-order valence-electron chi connectivity index (χ2n) is 7.08. The molecular formula is C22H22N2O7. The third kappa shape index (κ3) is 4.71. The van der Waals surface area contributed by atoms with E-state index in [-0.39, 0.29) is 37.4 Å². The first-order valence-electron chi connectivity index (χ1n) is 9.92. The highest BCUT2D eigenvalue weighted by Crippen LogP contribution is 2.34. The van der Waals surface area contributed by atoms with Gasteiger partial charge in [0, 0.05) is 12.0 Å². The van der Waals surface area contributed by atoms with Crippen LogP contribution in [-0.2, 0) is 17.7 Å². The molecule has 0 saturated heterocycles. The van der Waals surface area contributed by atoms with E-state index in [2.05, 4.69) is 10.5 Å². The lowest BCUT2D eigenvalue weighted by Crippen LogP contribution is -2.22. The van der Waals surface area contributed by atoms with Crippen molar-refractivity contribution in [1.82, 2.24) is 10.5 Å². The van der Waals surface area contributed by atoms with Gasteiger partial charge in [0.25, 0.3) is 5.91 Å². The number of amides is 1. The lowest BCUT2D eigenvalue weighted by molar-refractivity contribution is 0.0488. The Morgan fingerprint density at radius 1 is 1.13 bits per heavy atom. The van der Waals surface area contributed by atoms with Gasteiger partial charge in [-0.3, -0.25) is 4.79 Å². The van der Waals surface area contributed by atoms with E-state index in [1.54, 1.807) is 19.1 Å². The first kappa shape index (κ1) is 20.5. The van der Waals surface area contributed by atoms with Gasteiger partial charge in [-0.2, -0.15) is 0 Å². The molecule has 162 valence electrons. The van der Waals surface area contributed by atoms with Gasteiger partial charge in [0.15, 0.2) is 11.5 Å². The summed E-state index contributed by atoms with van der Waals surface area (Å²) < 4.78 is 26.2. The van der Waals surface area contributed by atoms with Crippen LogP contribution in [0, 0.1) is 0 Å². The summed E-state index contributed by atoms with van der Waals surface area (Å²) in [5.74, 6) is 1.14. The number of carbonyl (C=O) groups is 2. The molecule has 1 aliphatic rings. The number of furan rings is 1. The summed E-state index contributed by atoms with van der Waals surface area (Å²) in [5.41, 5.74) is 1.74. The van der Waals surface area contributed by atoms with Crippen LogP contribution in [0.1, 0.15) is 57.9 Å². The smallest absolute Gasteiger partial charge is 0.374 e. The zero-order chi connectivity index (χ0) is 21.8. The van der Waals surface area contributed by atoms with Gasteiger partial charge in [0.05, 0.1) is 18.8 Å². The third-order valence-corrected chi connectivity index (χ3v) is 4.80. The molecule has 0 saturated carbocycles. The predicted octanol–water partition coefficient (Wildman–Crippen LogP) is 3.45. The molecule has 1 atom stereocenters. The molecule has 0 aliphatic carbocycles. The van der Waals surface area contributed by atoms with E-state index in [4.69, 9.17) is 23.2 Å². The van der Waals surface area contributed by atoms with Crippen LogP contribution in [0.5, 0.6) is 11.5 Å². The minimum atomic E-state index is -0.545. The monoisotopic (exact) mass is 426 g/mol. The van der Waals surface area contributed by atoms with Crippen LogP contribution in [0.15, 0.2) is 45.3 Å². The number of hydrogen-bond acceptors (Lipinski definition) is 8. The van der Waals surface area contributed by atoms with Gasteiger partial charge in [0.1, 0.15) is 5.76 Å². The van der Waals surface area contributed by atoms with E-state index >= 15 is 0 Å². The highest BCUT2D eigenvalue weighted by Gasteiger charge is 2.20. The number of aromatic nitrogens is 1. The lowest BCUT2D eigenvalue weighted by Gasteiger charge is -2.08. The number of fused-ring (bicyclic) bond motifs is 1. The van der Waals surface area contributed by atoms with Crippen molar-refractivity contribution < 1.29 is 32.7 Å². The Kier molecular flexibility index (Phi) is 5.92. The molecule has 31 heavy (non-hydrogen) atoms. The SMILES string of the molecule is CCOC(=O)c1ccc(CNC(=O)c2cc([C@@H](C)Cc3ccc4c(c3)OCO4)no2)o1.